The Balaban J connectivity index is 2.05. The molecule has 0 spiro atoms. The molecule has 0 aliphatic carbocycles. The van der Waals surface area contributed by atoms with E-state index in [1.807, 2.05) is 17.8 Å². The van der Waals surface area contributed by atoms with Gasteiger partial charge in [0, 0.05) is 19.4 Å². The Kier molecular flexibility index (Phi) is 3.24. The monoisotopic (exact) mass is 284 g/mol. The lowest BCUT2D eigenvalue weighted by molar-refractivity contribution is 0.291. The zero-order valence-corrected chi connectivity index (χ0v) is 10.2. The Morgan fingerprint density at radius 2 is 2.31 bits per heavy atom. The average Bonchev–Trinajstić information content (AvgIpc) is 2.66. The van der Waals surface area contributed by atoms with Crippen LogP contribution in [0, 0.1) is 5.82 Å². The molecule has 16 heavy (non-hydrogen) atoms. The van der Waals surface area contributed by atoms with E-state index in [1.54, 1.807) is 18.3 Å². The maximum absolute atomic E-state index is 13.0. The molecule has 3 nitrogen and oxygen atoms in total. The second-order valence-corrected chi connectivity index (χ2v) is 4.17. The van der Waals surface area contributed by atoms with Crippen molar-refractivity contribution in [3.8, 4) is 5.75 Å². The van der Waals surface area contributed by atoms with Crippen LogP contribution in [0.4, 0.5) is 4.39 Å². The van der Waals surface area contributed by atoms with Crippen LogP contribution in [0.5, 0.6) is 5.75 Å². The molecule has 0 fully saturated rings. The highest BCUT2D eigenvalue weighted by Gasteiger charge is 2.03. The van der Waals surface area contributed by atoms with Gasteiger partial charge in [-0.05, 0) is 34.1 Å². The molecule has 0 aliphatic heterocycles. The summed E-state index contributed by atoms with van der Waals surface area (Å²) in [6.45, 7) is 0.363. The topological polar surface area (TPSA) is 27.1 Å². The molecule has 0 saturated heterocycles. The first kappa shape index (κ1) is 11.1. The largest absolute Gasteiger partial charge is 0.486 e. The molecule has 2 aromatic rings. The van der Waals surface area contributed by atoms with Gasteiger partial charge in [-0.1, -0.05) is 0 Å². The van der Waals surface area contributed by atoms with E-state index in [2.05, 4.69) is 20.9 Å². The summed E-state index contributed by atoms with van der Waals surface area (Å²) >= 11 is 3.10. The SMILES string of the molecule is Cn1ccnc1COc1ccc(F)c(Br)c1. The van der Waals surface area contributed by atoms with Crippen LogP contribution in [-0.4, -0.2) is 9.55 Å². The highest BCUT2D eigenvalue weighted by molar-refractivity contribution is 9.10. The summed E-state index contributed by atoms with van der Waals surface area (Å²) in [5.74, 6) is 1.13. The summed E-state index contributed by atoms with van der Waals surface area (Å²) in [5, 5.41) is 0. The highest BCUT2D eigenvalue weighted by Crippen LogP contribution is 2.22. The van der Waals surface area contributed by atoms with Gasteiger partial charge in [-0.2, -0.15) is 0 Å². The standard InChI is InChI=1S/C11H10BrFN2O/c1-15-5-4-14-11(15)7-16-8-2-3-10(13)9(12)6-8/h2-6H,7H2,1H3. The van der Waals surface area contributed by atoms with Crippen molar-refractivity contribution in [1.82, 2.24) is 9.55 Å². The predicted molar refractivity (Wildman–Crippen MR) is 61.6 cm³/mol. The van der Waals surface area contributed by atoms with Gasteiger partial charge < -0.3 is 9.30 Å². The van der Waals surface area contributed by atoms with Crippen LogP contribution < -0.4 is 4.74 Å². The fourth-order valence-corrected chi connectivity index (χ4v) is 1.61. The van der Waals surface area contributed by atoms with E-state index < -0.39 is 0 Å². The summed E-state index contributed by atoms with van der Waals surface area (Å²) < 4.78 is 20.7. The van der Waals surface area contributed by atoms with E-state index in [9.17, 15) is 4.39 Å². The molecule has 0 unspecified atom stereocenters. The Labute approximate surface area is 101 Å². The van der Waals surface area contributed by atoms with Gasteiger partial charge in [0.15, 0.2) is 0 Å². The molecule has 0 atom stereocenters. The molecule has 0 N–H and O–H groups in total. The lowest BCUT2D eigenvalue weighted by Gasteiger charge is -2.06. The van der Waals surface area contributed by atoms with Crippen molar-refractivity contribution in [2.24, 2.45) is 7.05 Å². The van der Waals surface area contributed by atoms with Gasteiger partial charge in [0.1, 0.15) is 24.0 Å². The van der Waals surface area contributed by atoms with Crippen LogP contribution in [-0.2, 0) is 13.7 Å². The Bertz CT molecular complexity index is 498. The average molecular weight is 285 g/mol. The third-order valence-electron chi connectivity index (χ3n) is 2.18. The number of benzene rings is 1. The summed E-state index contributed by atoms with van der Waals surface area (Å²) in [5.41, 5.74) is 0. The van der Waals surface area contributed by atoms with Crippen LogP contribution in [0.2, 0.25) is 0 Å². The Morgan fingerprint density at radius 1 is 1.50 bits per heavy atom. The number of nitrogens with zero attached hydrogens (tertiary/aromatic N) is 2. The van der Waals surface area contributed by atoms with Crippen LogP contribution in [0.1, 0.15) is 5.82 Å². The lowest BCUT2D eigenvalue weighted by Crippen LogP contribution is -2.02. The molecule has 2 rings (SSSR count). The molecule has 0 bridgehead atoms. The molecule has 0 saturated carbocycles. The van der Waals surface area contributed by atoms with Crippen molar-refractivity contribution in [1.29, 1.82) is 0 Å². The van der Waals surface area contributed by atoms with E-state index in [0.29, 0.717) is 16.8 Å². The van der Waals surface area contributed by atoms with E-state index >= 15 is 0 Å². The van der Waals surface area contributed by atoms with Gasteiger partial charge in [-0.25, -0.2) is 9.37 Å². The van der Waals surface area contributed by atoms with Crippen molar-refractivity contribution < 1.29 is 9.13 Å². The molecular formula is C11H10BrFN2O. The van der Waals surface area contributed by atoms with Crippen LogP contribution in [0.15, 0.2) is 35.1 Å². The number of hydrogen-bond donors (Lipinski definition) is 0. The summed E-state index contributed by atoms with van der Waals surface area (Å²) in [6.07, 6.45) is 3.55. The molecule has 1 heterocycles. The maximum atomic E-state index is 13.0. The zero-order chi connectivity index (χ0) is 11.5. The van der Waals surface area contributed by atoms with E-state index in [0.717, 1.165) is 5.82 Å². The highest BCUT2D eigenvalue weighted by atomic mass is 79.9. The molecule has 0 amide bonds. The minimum Gasteiger partial charge on any atom is -0.486 e. The molecule has 1 aromatic carbocycles. The summed E-state index contributed by atoms with van der Waals surface area (Å²) in [7, 11) is 1.90. The van der Waals surface area contributed by atoms with E-state index in [4.69, 9.17) is 4.74 Å². The van der Waals surface area contributed by atoms with E-state index in [1.165, 1.54) is 6.07 Å². The molecule has 1 aromatic heterocycles. The second-order valence-electron chi connectivity index (χ2n) is 3.32. The number of aryl methyl sites for hydroxylation is 1. The summed E-state index contributed by atoms with van der Waals surface area (Å²) in [4.78, 5) is 4.12. The zero-order valence-electron chi connectivity index (χ0n) is 8.65. The van der Waals surface area contributed by atoms with Crippen molar-refractivity contribution in [3.63, 3.8) is 0 Å². The third-order valence-corrected chi connectivity index (χ3v) is 2.79. The molecular weight excluding hydrogens is 275 g/mol. The molecule has 84 valence electrons. The number of aromatic nitrogens is 2. The fourth-order valence-electron chi connectivity index (χ4n) is 1.25. The van der Waals surface area contributed by atoms with Crippen molar-refractivity contribution in [2.75, 3.05) is 0 Å². The first-order chi connectivity index (χ1) is 7.66. The normalized spacial score (nSPS) is 10.4. The van der Waals surface area contributed by atoms with E-state index in [-0.39, 0.29) is 5.82 Å². The van der Waals surface area contributed by atoms with Gasteiger partial charge in [0.25, 0.3) is 0 Å². The van der Waals surface area contributed by atoms with Crippen LogP contribution in [0.25, 0.3) is 0 Å². The van der Waals surface area contributed by atoms with Crippen LogP contribution in [0.3, 0.4) is 0 Å². The van der Waals surface area contributed by atoms with Gasteiger partial charge in [-0.3, -0.25) is 0 Å². The first-order valence-electron chi connectivity index (χ1n) is 4.71. The van der Waals surface area contributed by atoms with Gasteiger partial charge >= 0.3 is 0 Å². The lowest BCUT2D eigenvalue weighted by atomic mass is 10.3. The summed E-state index contributed by atoms with van der Waals surface area (Å²) in [6, 6.07) is 4.54. The second kappa shape index (κ2) is 4.65. The Hall–Kier alpha value is -1.36. The van der Waals surface area contributed by atoms with Crippen LogP contribution >= 0.6 is 15.9 Å². The minimum absolute atomic E-state index is 0.302. The van der Waals surface area contributed by atoms with Gasteiger partial charge in [-0.15, -0.1) is 0 Å². The molecule has 5 heteroatoms. The molecule has 0 radical (unpaired) electrons. The fraction of sp³-hybridized carbons (Fsp3) is 0.182. The minimum atomic E-state index is -0.302. The Morgan fingerprint density at radius 3 is 2.94 bits per heavy atom. The van der Waals surface area contributed by atoms with Crippen molar-refractivity contribution in [3.05, 3.63) is 46.7 Å². The first-order valence-corrected chi connectivity index (χ1v) is 5.50. The van der Waals surface area contributed by atoms with Gasteiger partial charge in [0.2, 0.25) is 0 Å². The molecule has 0 aliphatic rings. The number of rotatable bonds is 3. The van der Waals surface area contributed by atoms with Crippen molar-refractivity contribution in [2.45, 2.75) is 6.61 Å². The van der Waals surface area contributed by atoms with Crippen molar-refractivity contribution >= 4 is 15.9 Å². The maximum Gasteiger partial charge on any atom is 0.146 e. The smallest absolute Gasteiger partial charge is 0.146 e. The quantitative estimate of drug-likeness (QED) is 0.867. The predicted octanol–water partition coefficient (Wildman–Crippen LogP) is 2.90. The number of ether oxygens (including phenoxy) is 1. The number of hydrogen-bond acceptors (Lipinski definition) is 2. The number of imidazole rings is 1. The van der Waals surface area contributed by atoms with Gasteiger partial charge in [0.05, 0.1) is 4.47 Å². The third kappa shape index (κ3) is 2.41. The number of halogens is 2.